The average molecular weight is 171 g/mol. The Balaban J connectivity index is 3.57. The number of hydrogen-bond acceptors (Lipinski definition) is 2. The van der Waals surface area contributed by atoms with Gasteiger partial charge in [0.05, 0.1) is 6.67 Å². The summed E-state index contributed by atoms with van der Waals surface area (Å²) in [6, 6.07) is 0. The predicted octanol–water partition coefficient (Wildman–Crippen LogP) is 0.0457. The molecule has 0 heterocycles. The van der Waals surface area contributed by atoms with Crippen LogP contribution in [0.2, 0.25) is 0 Å². The molecule has 0 aliphatic heterocycles. The third-order valence-corrected chi connectivity index (χ3v) is 0.890. The maximum atomic E-state index is 11.4. The Morgan fingerprint density at radius 3 is 2.45 bits per heavy atom. The fourth-order valence-electron chi connectivity index (χ4n) is 0.403. The van der Waals surface area contributed by atoms with Gasteiger partial charge in [0, 0.05) is 6.42 Å². The standard InChI is InChI=1S/C5H8F3NO2/c6-2-1-3(10)9-5(11)4(7)8/h3-4,10H,1-2H2,(H,9,11). The molecule has 2 N–H and O–H groups in total. The van der Waals surface area contributed by atoms with E-state index in [9.17, 15) is 18.0 Å². The SMILES string of the molecule is O=C(NC(O)CCF)C(F)F. The Kier molecular flexibility index (Phi) is 4.60. The highest BCUT2D eigenvalue weighted by Gasteiger charge is 2.17. The zero-order valence-electron chi connectivity index (χ0n) is 5.56. The summed E-state index contributed by atoms with van der Waals surface area (Å²) in [5, 5.41) is 10.1. The van der Waals surface area contributed by atoms with Crippen LogP contribution in [0.1, 0.15) is 6.42 Å². The third kappa shape index (κ3) is 4.60. The zero-order valence-corrected chi connectivity index (χ0v) is 5.56. The molecule has 0 bridgehead atoms. The van der Waals surface area contributed by atoms with Crippen molar-refractivity contribution in [1.29, 1.82) is 0 Å². The van der Waals surface area contributed by atoms with Crippen LogP contribution in [-0.4, -0.2) is 30.3 Å². The first kappa shape index (κ1) is 10.2. The van der Waals surface area contributed by atoms with Crippen molar-refractivity contribution in [3.8, 4) is 0 Å². The molecule has 6 heteroatoms. The van der Waals surface area contributed by atoms with Gasteiger partial charge in [-0.2, -0.15) is 8.78 Å². The van der Waals surface area contributed by atoms with E-state index in [1.165, 1.54) is 5.32 Å². The average Bonchev–Trinajstić information content (AvgIpc) is 1.87. The van der Waals surface area contributed by atoms with Crippen LogP contribution in [0.4, 0.5) is 13.2 Å². The number of hydrogen-bond donors (Lipinski definition) is 2. The minimum atomic E-state index is -3.18. The van der Waals surface area contributed by atoms with Gasteiger partial charge in [0.2, 0.25) is 0 Å². The van der Waals surface area contributed by atoms with Gasteiger partial charge in [-0.25, -0.2) is 0 Å². The number of amides is 1. The van der Waals surface area contributed by atoms with Gasteiger partial charge >= 0.3 is 6.43 Å². The maximum Gasteiger partial charge on any atom is 0.315 e. The van der Waals surface area contributed by atoms with Gasteiger partial charge in [-0.05, 0) is 0 Å². The minimum Gasteiger partial charge on any atom is -0.374 e. The highest BCUT2D eigenvalue weighted by molar-refractivity contribution is 5.79. The van der Waals surface area contributed by atoms with Gasteiger partial charge in [-0.15, -0.1) is 0 Å². The topological polar surface area (TPSA) is 49.3 Å². The molecule has 0 radical (unpaired) electrons. The molecule has 0 aromatic rings. The molecule has 0 fully saturated rings. The summed E-state index contributed by atoms with van der Waals surface area (Å²) in [4.78, 5) is 10.1. The Labute approximate surface area is 61.2 Å². The van der Waals surface area contributed by atoms with Gasteiger partial charge in [-0.3, -0.25) is 9.18 Å². The van der Waals surface area contributed by atoms with E-state index in [1.54, 1.807) is 0 Å². The van der Waals surface area contributed by atoms with Crippen molar-refractivity contribution in [3.63, 3.8) is 0 Å². The smallest absolute Gasteiger partial charge is 0.315 e. The molecular formula is C5H8F3NO2. The molecule has 0 saturated carbocycles. The Morgan fingerprint density at radius 2 is 2.09 bits per heavy atom. The van der Waals surface area contributed by atoms with Crippen LogP contribution >= 0.6 is 0 Å². The van der Waals surface area contributed by atoms with E-state index >= 15 is 0 Å². The van der Waals surface area contributed by atoms with E-state index in [4.69, 9.17) is 5.11 Å². The van der Waals surface area contributed by atoms with Crippen molar-refractivity contribution in [2.75, 3.05) is 6.67 Å². The Bertz CT molecular complexity index is 131. The van der Waals surface area contributed by atoms with Crippen molar-refractivity contribution in [3.05, 3.63) is 0 Å². The molecule has 0 spiro atoms. The van der Waals surface area contributed by atoms with Crippen LogP contribution in [0.15, 0.2) is 0 Å². The summed E-state index contributed by atoms with van der Waals surface area (Å²) in [6.07, 6.45) is -5.08. The van der Waals surface area contributed by atoms with Crippen molar-refractivity contribution >= 4 is 5.91 Å². The quantitative estimate of drug-likeness (QED) is 0.587. The maximum absolute atomic E-state index is 11.4. The van der Waals surface area contributed by atoms with E-state index in [1.807, 2.05) is 0 Å². The van der Waals surface area contributed by atoms with Crippen molar-refractivity contribution in [2.45, 2.75) is 19.1 Å². The first-order chi connectivity index (χ1) is 5.07. The van der Waals surface area contributed by atoms with Crippen LogP contribution < -0.4 is 5.32 Å². The van der Waals surface area contributed by atoms with E-state index in [-0.39, 0.29) is 6.42 Å². The summed E-state index contributed by atoms with van der Waals surface area (Å²) in [7, 11) is 0. The van der Waals surface area contributed by atoms with Gasteiger partial charge in [0.25, 0.3) is 5.91 Å². The number of nitrogens with one attached hydrogen (secondary N) is 1. The highest BCUT2D eigenvalue weighted by atomic mass is 19.3. The second kappa shape index (κ2) is 4.95. The molecule has 0 saturated heterocycles. The Morgan fingerprint density at radius 1 is 1.55 bits per heavy atom. The lowest BCUT2D eigenvalue weighted by atomic mass is 10.4. The third-order valence-electron chi connectivity index (χ3n) is 0.890. The number of aliphatic hydroxyl groups is 1. The van der Waals surface area contributed by atoms with Crippen molar-refractivity contribution in [2.24, 2.45) is 0 Å². The van der Waals surface area contributed by atoms with E-state index in [0.29, 0.717) is 0 Å². The second-order valence-corrected chi connectivity index (χ2v) is 1.80. The fourth-order valence-corrected chi connectivity index (χ4v) is 0.403. The normalized spacial score (nSPS) is 13.2. The molecule has 1 amide bonds. The fraction of sp³-hybridized carbons (Fsp3) is 0.800. The van der Waals surface area contributed by atoms with Crippen molar-refractivity contribution < 1.29 is 23.1 Å². The molecule has 1 atom stereocenters. The van der Waals surface area contributed by atoms with Crippen LogP contribution in [-0.2, 0) is 4.79 Å². The van der Waals surface area contributed by atoms with Gasteiger partial charge in [-0.1, -0.05) is 0 Å². The molecule has 0 aromatic carbocycles. The molecular weight excluding hydrogens is 163 g/mol. The molecule has 0 aromatic heterocycles. The van der Waals surface area contributed by atoms with Crippen LogP contribution in [0.3, 0.4) is 0 Å². The zero-order chi connectivity index (χ0) is 8.85. The molecule has 1 unspecified atom stereocenters. The first-order valence-electron chi connectivity index (χ1n) is 2.90. The second-order valence-electron chi connectivity index (χ2n) is 1.80. The highest BCUT2D eigenvalue weighted by Crippen LogP contribution is 1.94. The van der Waals surface area contributed by atoms with Gasteiger partial charge in [0.1, 0.15) is 6.23 Å². The van der Waals surface area contributed by atoms with Gasteiger partial charge < -0.3 is 10.4 Å². The van der Waals surface area contributed by atoms with E-state index in [2.05, 4.69) is 0 Å². The summed E-state index contributed by atoms with van der Waals surface area (Å²) < 4.78 is 34.2. The summed E-state index contributed by atoms with van der Waals surface area (Å²) in [6.45, 7) is -0.870. The Hall–Kier alpha value is -0.780. The monoisotopic (exact) mass is 171 g/mol. The van der Waals surface area contributed by atoms with Crippen LogP contribution in [0.5, 0.6) is 0 Å². The first-order valence-corrected chi connectivity index (χ1v) is 2.90. The number of alkyl halides is 3. The molecule has 0 aliphatic rings. The predicted molar refractivity (Wildman–Crippen MR) is 30.7 cm³/mol. The molecule has 0 aliphatic carbocycles. The number of halogens is 3. The lowest BCUT2D eigenvalue weighted by molar-refractivity contribution is -0.135. The number of aliphatic hydroxyl groups excluding tert-OH is 1. The van der Waals surface area contributed by atoms with Gasteiger partial charge in [0.15, 0.2) is 0 Å². The molecule has 11 heavy (non-hydrogen) atoms. The van der Waals surface area contributed by atoms with E-state index in [0.717, 1.165) is 0 Å². The van der Waals surface area contributed by atoms with E-state index < -0.39 is 25.2 Å². The number of carbonyl (C=O) groups excluding carboxylic acids is 1. The van der Waals surface area contributed by atoms with Crippen LogP contribution in [0.25, 0.3) is 0 Å². The molecule has 0 rings (SSSR count). The lowest BCUT2D eigenvalue weighted by Crippen LogP contribution is -2.38. The number of carbonyl (C=O) groups is 1. The minimum absolute atomic E-state index is 0.377. The summed E-state index contributed by atoms with van der Waals surface area (Å²) >= 11 is 0. The summed E-state index contributed by atoms with van der Waals surface area (Å²) in [5.41, 5.74) is 0. The number of rotatable bonds is 4. The van der Waals surface area contributed by atoms with Crippen LogP contribution in [0, 0.1) is 0 Å². The summed E-state index contributed by atoms with van der Waals surface area (Å²) in [5.74, 6) is -1.59. The molecule has 3 nitrogen and oxygen atoms in total. The lowest BCUT2D eigenvalue weighted by Gasteiger charge is -2.09. The molecule has 66 valence electrons. The largest absolute Gasteiger partial charge is 0.374 e. The van der Waals surface area contributed by atoms with Crippen molar-refractivity contribution in [1.82, 2.24) is 5.32 Å².